The standard InChI is InChI=1S/C10H8FNO/c1-6-7-3-2-4-9(13)10(7)12-5-8(6)11/h2-5,13H,1H3. The van der Waals surface area contributed by atoms with Gasteiger partial charge in [0.15, 0.2) is 0 Å². The molecule has 0 amide bonds. The monoisotopic (exact) mass is 177 g/mol. The lowest BCUT2D eigenvalue weighted by Gasteiger charge is -2.03. The average molecular weight is 177 g/mol. The summed E-state index contributed by atoms with van der Waals surface area (Å²) in [6.07, 6.45) is 1.12. The van der Waals surface area contributed by atoms with E-state index in [1.165, 1.54) is 6.07 Å². The summed E-state index contributed by atoms with van der Waals surface area (Å²) in [5, 5.41) is 10.1. The van der Waals surface area contributed by atoms with E-state index in [1.54, 1.807) is 19.1 Å². The van der Waals surface area contributed by atoms with E-state index in [4.69, 9.17) is 0 Å². The van der Waals surface area contributed by atoms with Crippen molar-refractivity contribution in [3.63, 3.8) is 0 Å². The summed E-state index contributed by atoms with van der Waals surface area (Å²) in [7, 11) is 0. The number of phenols is 1. The SMILES string of the molecule is Cc1c(F)cnc2c(O)cccc12. The zero-order chi connectivity index (χ0) is 9.42. The number of rotatable bonds is 0. The average Bonchev–Trinajstić information content (AvgIpc) is 2.12. The summed E-state index contributed by atoms with van der Waals surface area (Å²) in [6.45, 7) is 1.67. The van der Waals surface area contributed by atoms with Crippen LogP contribution in [0.15, 0.2) is 24.4 Å². The van der Waals surface area contributed by atoms with Gasteiger partial charge in [0.25, 0.3) is 0 Å². The van der Waals surface area contributed by atoms with Crippen LogP contribution in [0.4, 0.5) is 4.39 Å². The minimum Gasteiger partial charge on any atom is -0.506 e. The molecule has 0 saturated heterocycles. The van der Waals surface area contributed by atoms with E-state index < -0.39 is 0 Å². The first-order valence-electron chi connectivity index (χ1n) is 3.93. The number of aryl methyl sites for hydroxylation is 1. The Balaban J connectivity index is 2.94. The van der Waals surface area contributed by atoms with Gasteiger partial charge >= 0.3 is 0 Å². The molecule has 0 unspecified atom stereocenters. The lowest BCUT2D eigenvalue weighted by atomic mass is 10.1. The van der Waals surface area contributed by atoms with Gasteiger partial charge in [-0.3, -0.25) is 0 Å². The number of fused-ring (bicyclic) bond motifs is 1. The molecule has 0 radical (unpaired) electrons. The van der Waals surface area contributed by atoms with Crippen LogP contribution < -0.4 is 0 Å². The molecule has 0 atom stereocenters. The number of para-hydroxylation sites is 1. The zero-order valence-corrected chi connectivity index (χ0v) is 7.08. The Morgan fingerprint density at radius 2 is 2.15 bits per heavy atom. The van der Waals surface area contributed by atoms with Gasteiger partial charge in [-0.25, -0.2) is 9.37 Å². The van der Waals surface area contributed by atoms with E-state index in [9.17, 15) is 9.50 Å². The molecular weight excluding hydrogens is 169 g/mol. The smallest absolute Gasteiger partial charge is 0.145 e. The number of halogens is 1. The molecule has 1 N–H and O–H groups in total. The van der Waals surface area contributed by atoms with E-state index in [1.807, 2.05) is 0 Å². The molecule has 0 saturated carbocycles. The van der Waals surface area contributed by atoms with Crippen molar-refractivity contribution in [1.29, 1.82) is 0 Å². The number of phenolic OH excluding ortho intramolecular Hbond substituents is 1. The van der Waals surface area contributed by atoms with Crippen LogP contribution in [-0.4, -0.2) is 10.1 Å². The number of pyridine rings is 1. The molecular formula is C10H8FNO. The normalized spacial score (nSPS) is 10.6. The third kappa shape index (κ3) is 1.13. The van der Waals surface area contributed by atoms with Crippen molar-refractivity contribution < 1.29 is 9.50 Å². The number of hydrogen-bond acceptors (Lipinski definition) is 2. The fourth-order valence-electron chi connectivity index (χ4n) is 1.32. The van der Waals surface area contributed by atoms with Crippen molar-refractivity contribution in [1.82, 2.24) is 4.98 Å². The molecule has 2 aromatic rings. The van der Waals surface area contributed by atoms with Crippen molar-refractivity contribution in [2.45, 2.75) is 6.92 Å². The summed E-state index contributed by atoms with van der Waals surface area (Å²) in [6, 6.07) is 4.94. The van der Waals surface area contributed by atoms with Gasteiger partial charge in [-0.15, -0.1) is 0 Å². The van der Waals surface area contributed by atoms with Gasteiger partial charge in [-0.1, -0.05) is 12.1 Å². The van der Waals surface area contributed by atoms with Crippen LogP contribution in [0.25, 0.3) is 10.9 Å². The van der Waals surface area contributed by atoms with Crippen molar-refractivity contribution in [2.24, 2.45) is 0 Å². The van der Waals surface area contributed by atoms with Gasteiger partial charge in [0.2, 0.25) is 0 Å². The highest BCUT2D eigenvalue weighted by Gasteiger charge is 2.06. The second-order valence-electron chi connectivity index (χ2n) is 2.90. The molecule has 0 aliphatic carbocycles. The second-order valence-corrected chi connectivity index (χ2v) is 2.90. The lowest BCUT2D eigenvalue weighted by Crippen LogP contribution is -1.88. The van der Waals surface area contributed by atoms with E-state index in [-0.39, 0.29) is 11.6 Å². The first-order chi connectivity index (χ1) is 6.20. The van der Waals surface area contributed by atoms with Gasteiger partial charge in [0.05, 0.1) is 6.20 Å². The van der Waals surface area contributed by atoms with Gasteiger partial charge < -0.3 is 5.11 Å². The third-order valence-electron chi connectivity index (χ3n) is 2.08. The van der Waals surface area contributed by atoms with Gasteiger partial charge in [-0.2, -0.15) is 0 Å². The Kier molecular flexibility index (Phi) is 1.65. The number of benzene rings is 1. The maximum Gasteiger partial charge on any atom is 0.145 e. The summed E-state index contributed by atoms with van der Waals surface area (Å²) < 4.78 is 13.0. The van der Waals surface area contributed by atoms with Crippen LogP contribution in [0.2, 0.25) is 0 Å². The van der Waals surface area contributed by atoms with Crippen molar-refractivity contribution in [2.75, 3.05) is 0 Å². The molecule has 2 nitrogen and oxygen atoms in total. The lowest BCUT2D eigenvalue weighted by molar-refractivity contribution is 0.480. The molecule has 2 rings (SSSR count). The molecule has 66 valence electrons. The summed E-state index contributed by atoms with van der Waals surface area (Å²) in [4.78, 5) is 3.82. The maximum absolute atomic E-state index is 13.0. The van der Waals surface area contributed by atoms with E-state index >= 15 is 0 Å². The third-order valence-corrected chi connectivity index (χ3v) is 2.08. The molecule has 0 aliphatic rings. The maximum atomic E-state index is 13.0. The van der Waals surface area contributed by atoms with Crippen LogP contribution in [0.3, 0.4) is 0 Å². The highest BCUT2D eigenvalue weighted by molar-refractivity contribution is 5.86. The predicted octanol–water partition coefficient (Wildman–Crippen LogP) is 2.39. The summed E-state index contributed by atoms with van der Waals surface area (Å²) >= 11 is 0. The highest BCUT2D eigenvalue weighted by atomic mass is 19.1. The van der Waals surface area contributed by atoms with Crippen molar-refractivity contribution in [3.05, 3.63) is 35.8 Å². The second kappa shape index (κ2) is 2.69. The van der Waals surface area contributed by atoms with Crippen LogP contribution in [-0.2, 0) is 0 Å². The van der Waals surface area contributed by atoms with E-state index in [0.717, 1.165) is 6.20 Å². The molecule has 0 spiro atoms. The number of aromatic hydroxyl groups is 1. The topological polar surface area (TPSA) is 33.1 Å². The first-order valence-corrected chi connectivity index (χ1v) is 3.93. The van der Waals surface area contributed by atoms with Gasteiger partial charge in [0.1, 0.15) is 17.1 Å². The minimum atomic E-state index is -0.349. The Morgan fingerprint density at radius 3 is 2.92 bits per heavy atom. The highest BCUT2D eigenvalue weighted by Crippen LogP contribution is 2.25. The molecule has 1 aromatic heterocycles. The molecule has 3 heteroatoms. The largest absolute Gasteiger partial charge is 0.506 e. The van der Waals surface area contributed by atoms with Crippen LogP contribution in [0, 0.1) is 12.7 Å². The minimum absolute atomic E-state index is 0.0839. The predicted molar refractivity (Wildman–Crippen MR) is 48.1 cm³/mol. The van der Waals surface area contributed by atoms with Crippen LogP contribution in [0.1, 0.15) is 5.56 Å². The van der Waals surface area contributed by atoms with Crippen LogP contribution in [0.5, 0.6) is 5.75 Å². The van der Waals surface area contributed by atoms with Crippen LogP contribution >= 0.6 is 0 Å². The van der Waals surface area contributed by atoms with E-state index in [0.29, 0.717) is 16.5 Å². The fourth-order valence-corrected chi connectivity index (χ4v) is 1.32. The Morgan fingerprint density at radius 1 is 1.38 bits per heavy atom. The molecule has 0 bridgehead atoms. The van der Waals surface area contributed by atoms with Crippen molar-refractivity contribution in [3.8, 4) is 5.75 Å². The Hall–Kier alpha value is -1.64. The Labute approximate surface area is 74.7 Å². The molecule has 0 fully saturated rings. The molecule has 0 aliphatic heterocycles. The quantitative estimate of drug-likeness (QED) is 0.670. The molecule has 1 heterocycles. The summed E-state index contributed by atoms with van der Waals surface area (Å²) in [5.74, 6) is -0.265. The van der Waals surface area contributed by atoms with Crippen molar-refractivity contribution >= 4 is 10.9 Å². The number of aromatic nitrogens is 1. The zero-order valence-electron chi connectivity index (χ0n) is 7.08. The first kappa shape index (κ1) is 7.98. The number of nitrogens with zero attached hydrogens (tertiary/aromatic N) is 1. The number of hydrogen-bond donors (Lipinski definition) is 1. The van der Waals surface area contributed by atoms with Gasteiger partial charge in [-0.05, 0) is 18.6 Å². The fraction of sp³-hybridized carbons (Fsp3) is 0.100. The Bertz CT molecular complexity index is 468. The van der Waals surface area contributed by atoms with E-state index in [2.05, 4.69) is 4.98 Å². The van der Waals surface area contributed by atoms with Gasteiger partial charge in [0, 0.05) is 5.39 Å². The summed E-state index contributed by atoms with van der Waals surface area (Å²) in [5.41, 5.74) is 0.960. The molecule has 13 heavy (non-hydrogen) atoms. The molecule has 1 aromatic carbocycles.